The summed E-state index contributed by atoms with van der Waals surface area (Å²) in [6, 6.07) is 0. The Bertz CT molecular complexity index is 821. The summed E-state index contributed by atoms with van der Waals surface area (Å²) in [7, 11) is 1.48. The van der Waals surface area contributed by atoms with Crippen molar-refractivity contribution in [1.82, 2.24) is 19.1 Å². The molecule has 0 aliphatic carbocycles. The number of nitrogens with zero attached hydrogens (tertiary/aromatic N) is 3. The summed E-state index contributed by atoms with van der Waals surface area (Å²) >= 11 is 0. The summed E-state index contributed by atoms with van der Waals surface area (Å²) in [6.45, 7) is 3.97. The van der Waals surface area contributed by atoms with Crippen molar-refractivity contribution in [2.75, 3.05) is 31.7 Å². The molecule has 0 fully saturated rings. The highest BCUT2D eigenvalue weighted by Gasteiger charge is 2.19. The number of anilines is 1. The standard InChI is InChI=1S/C14H21N5O5/c1-3-6-24-8-9(21)7-19-10-11(16-13(19)15-4-5-20)18(2)14(23)17-12(10)22/h3,9,20-21H,1,4-8H2,2H3,(H,15,16)(H,17,22,23)/t9-/m0/s1. The van der Waals surface area contributed by atoms with Gasteiger partial charge in [0.15, 0.2) is 11.2 Å². The van der Waals surface area contributed by atoms with E-state index < -0.39 is 17.4 Å². The van der Waals surface area contributed by atoms with Gasteiger partial charge in [0, 0.05) is 13.6 Å². The number of imidazole rings is 1. The first-order chi connectivity index (χ1) is 11.5. The van der Waals surface area contributed by atoms with Crippen molar-refractivity contribution in [3.63, 3.8) is 0 Å². The van der Waals surface area contributed by atoms with Crippen LogP contribution in [0.15, 0.2) is 22.2 Å². The van der Waals surface area contributed by atoms with E-state index in [1.165, 1.54) is 16.2 Å². The number of nitrogens with one attached hydrogen (secondary N) is 2. The lowest BCUT2D eigenvalue weighted by Crippen LogP contribution is -2.30. The minimum Gasteiger partial charge on any atom is -0.395 e. The van der Waals surface area contributed by atoms with Gasteiger partial charge in [-0.05, 0) is 0 Å². The first-order valence-corrected chi connectivity index (χ1v) is 7.40. The molecule has 0 unspecified atom stereocenters. The van der Waals surface area contributed by atoms with Crippen LogP contribution in [0.3, 0.4) is 0 Å². The van der Waals surface area contributed by atoms with Crippen molar-refractivity contribution in [3.05, 3.63) is 33.5 Å². The van der Waals surface area contributed by atoms with Crippen molar-refractivity contribution in [2.45, 2.75) is 12.6 Å². The van der Waals surface area contributed by atoms with E-state index in [1.807, 2.05) is 0 Å². The number of rotatable bonds is 9. The lowest BCUT2D eigenvalue weighted by molar-refractivity contribution is 0.0405. The molecule has 132 valence electrons. The fourth-order valence-electron chi connectivity index (χ4n) is 2.27. The predicted octanol–water partition coefficient (Wildman–Crippen LogP) is -1.61. The average molecular weight is 339 g/mol. The van der Waals surface area contributed by atoms with Crippen molar-refractivity contribution >= 4 is 17.1 Å². The summed E-state index contributed by atoms with van der Waals surface area (Å²) in [5.41, 5.74) is -0.846. The van der Waals surface area contributed by atoms with E-state index >= 15 is 0 Å². The lowest BCUT2D eigenvalue weighted by atomic mass is 10.3. The van der Waals surface area contributed by atoms with Gasteiger partial charge in [0.1, 0.15) is 0 Å². The average Bonchev–Trinajstić information content (AvgIpc) is 2.90. The van der Waals surface area contributed by atoms with E-state index in [0.29, 0.717) is 6.61 Å². The van der Waals surface area contributed by atoms with Gasteiger partial charge in [-0.2, -0.15) is 4.98 Å². The highest BCUT2D eigenvalue weighted by atomic mass is 16.5. The number of aliphatic hydroxyl groups is 2. The summed E-state index contributed by atoms with van der Waals surface area (Å²) in [6.07, 6.45) is 0.669. The van der Waals surface area contributed by atoms with Crippen LogP contribution in [0.5, 0.6) is 0 Å². The van der Waals surface area contributed by atoms with Gasteiger partial charge in [-0.3, -0.25) is 14.3 Å². The van der Waals surface area contributed by atoms with Crippen LogP contribution in [-0.2, 0) is 18.3 Å². The molecule has 0 saturated heterocycles. The van der Waals surface area contributed by atoms with Crippen LogP contribution < -0.4 is 16.6 Å². The zero-order valence-corrected chi connectivity index (χ0v) is 13.4. The fourth-order valence-corrected chi connectivity index (χ4v) is 2.27. The molecule has 0 saturated carbocycles. The quantitative estimate of drug-likeness (QED) is 0.319. The minimum absolute atomic E-state index is 0.0304. The molecule has 0 bridgehead atoms. The van der Waals surface area contributed by atoms with Crippen molar-refractivity contribution in [1.29, 1.82) is 0 Å². The van der Waals surface area contributed by atoms with E-state index in [1.54, 1.807) is 6.08 Å². The van der Waals surface area contributed by atoms with Crippen LogP contribution in [-0.4, -0.2) is 61.8 Å². The topological polar surface area (TPSA) is 134 Å². The number of aryl methyl sites for hydroxylation is 1. The van der Waals surface area contributed by atoms with Crippen LogP contribution in [0.4, 0.5) is 5.95 Å². The van der Waals surface area contributed by atoms with Gasteiger partial charge in [0.2, 0.25) is 5.95 Å². The van der Waals surface area contributed by atoms with Gasteiger partial charge in [0.05, 0.1) is 32.5 Å². The Morgan fingerprint density at radius 3 is 2.92 bits per heavy atom. The Labute approximate surface area is 137 Å². The van der Waals surface area contributed by atoms with E-state index in [0.717, 1.165) is 0 Å². The molecular formula is C14H21N5O5. The maximum absolute atomic E-state index is 12.2. The number of H-pyrrole nitrogens is 1. The molecule has 0 spiro atoms. The highest BCUT2D eigenvalue weighted by molar-refractivity contribution is 5.74. The van der Waals surface area contributed by atoms with Crippen LogP contribution >= 0.6 is 0 Å². The zero-order chi connectivity index (χ0) is 17.7. The van der Waals surface area contributed by atoms with E-state index in [9.17, 15) is 14.7 Å². The van der Waals surface area contributed by atoms with Crippen LogP contribution in [0, 0.1) is 0 Å². The van der Waals surface area contributed by atoms with Crippen LogP contribution in [0.1, 0.15) is 0 Å². The third kappa shape index (κ3) is 3.72. The van der Waals surface area contributed by atoms with Crippen molar-refractivity contribution in [3.8, 4) is 0 Å². The number of hydrogen-bond acceptors (Lipinski definition) is 7. The molecule has 4 N–H and O–H groups in total. The summed E-state index contributed by atoms with van der Waals surface area (Å²) in [4.78, 5) is 30.3. The molecular weight excluding hydrogens is 318 g/mol. The molecule has 0 aliphatic rings. The number of aliphatic hydroxyl groups excluding tert-OH is 2. The Balaban J connectivity index is 2.44. The Hall–Kier alpha value is -2.43. The lowest BCUT2D eigenvalue weighted by Gasteiger charge is -2.14. The predicted molar refractivity (Wildman–Crippen MR) is 88.2 cm³/mol. The SMILES string of the molecule is C=CCOC[C@@H](O)Cn1c(NCCO)nc2c1c(=O)[nH]c(=O)n2C. The van der Waals surface area contributed by atoms with Crippen LogP contribution in [0.2, 0.25) is 0 Å². The normalized spacial score (nSPS) is 12.5. The molecule has 2 aromatic heterocycles. The molecule has 0 radical (unpaired) electrons. The third-order valence-electron chi connectivity index (χ3n) is 3.34. The molecule has 2 heterocycles. The van der Waals surface area contributed by atoms with Gasteiger partial charge < -0.3 is 24.8 Å². The number of fused-ring (bicyclic) bond motifs is 1. The molecule has 0 aromatic carbocycles. The Kier molecular flexibility index (Phi) is 5.90. The molecule has 10 nitrogen and oxygen atoms in total. The highest BCUT2D eigenvalue weighted by Crippen LogP contribution is 2.15. The maximum atomic E-state index is 12.2. The van der Waals surface area contributed by atoms with Gasteiger partial charge in [-0.1, -0.05) is 6.08 Å². The van der Waals surface area contributed by atoms with Gasteiger partial charge >= 0.3 is 5.69 Å². The summed E-state index contributed by atoms with van der Waals surface area (Å²) in [5, 5.41) is 21.9. The van der Waals surface area contributed by atoms with E-state index in [4.69, 9.17) is 9.84 Å². The smallest absolute Gasteiger partial charge is 0.329 e. The van der Waals surface area contributed by atoms with E-state index in [2.05, 4.69) is 21.9 Å². The first-order valence-electron chi connectivity index (χ1n) is 7.40. The van der Waals surface area contributed by atoms with Crippen LogP contribution in [0.25, 0.3) is 11.2 Å². The number of ether oxygens (including phenoxy) is 1. The molecule has 2 aromatic rings. The second kappa shape index (κ2) is 7.90. The third-order valence-corrected chi connectivity index (χ3v) is 3.34. The summed E-state index contributed by atoms with van der Waals surface area (Å²) in [5.74, 6) is 0.272. The van der Waals surface area contributed by atoms with Crippen molar-refractivity contribution in [2.24, 2.45) is 7.05 Å². The van der Waals surface area contributed by atoms with Gasteiger partial charge in [-0.15, -0.1) is 6.58 Å². The second-order valence-corrected chi connectivity index (χ2v) is 5.17. The fraction of sp³-hybridized carbons (Fsp3) is 0.500. The largest absolute Gasteiger partial charge is 0.395 e. The monoisotopic (exact) mass is 339 g/mol. The molecule has 2 rings (SSSR count). The summed E-state index contributed by atoms with van der Waals surface area (Å²) < 4.78 is 7.87. The zero-order valence-electron chi connectivity index (χ0n) is 13.4. The molecule has 24 heavy (non-hydrogen) atoms. The number of hydrogen-bond donors (Lipinski definition) is 4. The number of aromatic nitrogens is 4. The number of aromatic amines is 1. The molecule has 10 heteroatoms. The maximum Gasteiger partial charge on any atom is 0.329 e. The first kappa shape index (κ1) is 17.9. The molecule has 0 aliphatic heterocycles. The molecule has 0 amide bonds. The van der Waals surface area contributed by atoms with E-state index in [-0.39, 0.29) is 43.4 Å². The second-order valence-electron chi connectivity index (χ2n) is 5.17. The Morgan fingerprint density at radius 1 is 1.50 bits per heavy atom. The minimum atomic E-state index is -0.895. The van der Waals surface area contributed by atoms with Gasteiger partial charge in [-0.25, -0.2) is 4.79 Å². The molecule has 1 atom stereocenters. The van der Waals surface area contributed by atoms with Crippen molar-refractivity contribution < 1.29 is 14.9 Å². The Morgan fingerprint density at radius 2 is 2.25 bits per heavy atom. The van der Waals surface area contributed by atoms with Gasteiger partial charge in [0.25, 0.3) is 5.56 Å².